The predicted octanol–water partition coefficient (Wildman–Crippen LogP) is 4.49. The van der Waals surface area contributed by atoms with E-state index in [-0.39, 0.29) is 28.4 Å². The van der Waals surface area contributed by atoms with Crippen LogP contribution in [0, 0.1) is 5.82 Å². The molecule has 0 bridgehead atoms. The van der Waals surface area contributed by atoms with Gasteiger partial charge in [-0.25, -0.2) is 17.9 Å². The van der Waals surface area contributed by atoms with Gasteiger partial charge in [0.2, 0.25) is 10.2 Å². The molecule has 0 fully saturated rings. The Bertz CT molecular complexity index is 1020. The second-order valence-electron chi connectivity index (χ2n) is 8.33. The van der Waals surface area contributed by atoms with Crippen LogP contribution in [0.15, 0.2) is 27.0 Å². The molecule has 0 aliphatic heterocycles. The second-order valence-corrected chi connectivity index (χ2v) is 11.6. The number of nitrogens with zero attached hydrogens (tertiary/aromatic N) is 2. The monoisotopic (exact) mass is 455 g/mol. The molecule has 1 heterocycles. The van der Waals surface area contributed by atoms with Gasteiger partial charge in [-0.15, -0.1) is 11.3 Å². The molecule has 1 unspecified atom stereocenters. The molecule has 1 amide bonds. The number of rotatable bonds is 7. The zero-order valence-corrected chi connectivity index (χ0v) is 20.1. The van der Waals surface area contributed by atoms with E-state index in [0.717, 1.165) is 28.0 Å². The lowest BCUT2D eigenvalue weighted by atomic mass is 9.87. The Morgan fingerprint density at radius 3 is 2.20 bits per heavy atom. The molecule has 166 valence electrons. The number of hydrogen-bond donors (Lipinski definition) is 2. The molecule has 30 heavy (non-hydrogen) atoms. The summed E-state index contributed by atoms with van der Waals surface area (Å²) in [6.07, 6.45) is 1.39. The SMILES string of the molecule is CN=S(=O)(NC(=O)Cc1c(C(C)C)cc(F)cc1C(C)C)c1ncc(C(C)(C)O)s1. The number of hydrogen-bond acceptors (Lipinski definition) is 6. The van der Waals surface area contributed by atoms with Crippen LogP contribution >= 0.6 is 11.3 Å². The van der Waals surface area contributed by atoms with Crippen molar-refractivity contribution < 1.29 is 18.5 Å². The normalized spacial score (nSPS) is 14.1. The Kier molecular flexibility index (Phi) is 7.42. The van der Waals surface area contributed by atoms with E-state index in [1.807, 2.05) is 27.7 Å². The number of thiazole rings is 1. The summed E-state index contributed by atoms with van der Waals surface area (Å²) in [7, 11) is -1.94. The van der Waals surface area contributed by atoms with Crippen LogP contribution in [0.1, 0.15) is 74.9 Å². The summed E-state index contributed by atoms with van der Waals surface area (Å²) in [6, 6.07) is 2.91. The van der Waals surface area contributed by atoms with E-state index in [9.17, 15) is 18.5 Å². The lowest BCUT2D eigenvalue weighted by Gasteiger charge is -2.20. The third kappa shape index (κ3) is 5.44. The van der Waals surface area contributed by atoms with Crippen molar-refractivity contribution in [2.24, 2.45) is 4.36 Å². The second kappa shape index (κ2) is 9.11. The highest BCUT2D eigenvalue weighted by atomic mass is 32.2. The van der Waals surface area contributed by atoms with Crippen molar-refractivity contribution in [3.63, 3.8) is 0 Å². The third-order valence-corrected chi connectivity index (χ3v) is 8.33. The van der Waals surface area contributed by atoms with Crippen LogP contribution < -0.4 is 4.72 Å². The fourth-order valence-corrected chi connectivity index (χ4v) is 5.73. The highest BCUT2D eigenvalue weighted by Gasteiger charge is 2.26. The summed E-state index contributed by atoms with van der Waals surface area (Å²) in [6.45, 7) is 11.0. The number of amides is 1. The first kappa shape index (κ1) is 24.4. The molecule has 0 saturated carbocycles. The first-order valence-corrected chi connectivity index (χ1v) is 12.1. The minimum Gasteiger partial charge on any atom is -0.385 e. The van der Waals surface area contributed by atoms with E-state index in [0.29, 0.717) is 4.88 Å². The first-order valence-electron chi connectivity index (χ1n) is 9.75. The zero-order valence-electron chi connectivity index (χ0n) is 18.4. The van der Waals surface area contributed by atoms with Gasteiger partial charge in [0.15, 0.2) is 9.92 Å². The van der Waals surface area contributed by atoms with Gasteiger partial charge in [0.05, 0.1) is 16.9 Å². The Morgan fingerprint density at radius 1 is 1.27 bits per heavy atom. The first-order chi connectivity index (χ1) is 13.8. The molecule has 0 aliphatic rings. The number of carbonyl (C=O) groups excluding carboxylic acids is 1. The van der Waals surface area contributed by atoms with Gasteiger partial charge in [-0.1, -0.05) is 27.7 Å². The third-order valence-electron chi connectivity index (χ3n) is 4.70. The lowest BCUT2D eigenvalue weighted by Crippen LogP contribution is -2.32. The molecule has 0 spiro atoms. The van der Waals surface area contributed by atoms with E-state index < -0.39 is 21.4 Å². The maximum absolute atomic E-state index is 14.1. The van der Waals surface area contributed by atoms with Crippen LogP contribution in [-0.2, 0) is 26.7 Å². The van der Waals surface area contributed by atoms with Gasteiger partial charge in [-0.05, 0) is 54.5 Å². The highest BCUT2D eigenvalue weighted by molar-refractivity contribution is 7.94. The molecule has 1 aromatic carbocycles. The van der Waals surface area contributed by atoms with Crippen molar-refractivity contribution in [1.29, 1.82) is 0 Å². The number of nitrogens with one attached hydrogen (secondary N) is 1. The predicted molar refractivity (Wildman–Crippen MR) is 119 cm³/mol. The number of benzene rings is 1. The Balaban J connectivity index is 2.39. The molecule has 6 nitrogen and oxygen atoms in total. The number of aromatic nitrogens is 1. The van der Waals surface area contributed by atoms with E-state index in [1.165, 1.54) is 25.4 Å². The standard InChI is InChI=1S/C21H30FN3O3S2/c1-12(2)15-8-14(22)9-16(13(3)4)17(15)10-19(26)25-30(28,23-7)20-24-11-18(29-20)21(5,6)27/h8-9,11-13,27H,10H2,1-7H3,(H,23,25,26,28). The topological polar surface area (TPSA) is 91.7 Å². The van der Waals surface area contributed by atoms with Gasteiger partial charge in [-0.3, -0.25) is 9.52 Å². The molecule has 0 radical (unpaired) electrons. The summed E-state index contributed by atoms with van der Waals surface area (Å²) in [5.74, 6) is -0.772. The fraction of sp³-hybridized carbons (Fsp3) is 0.524. The maximum Gasteiger partial charge on any atom is 0.237 e. The van der Waals surface area contributed by atoms with E-state index in [2.05, 4.69) is 14.1 Å². The van der Waals surface area contributed by atoms with Crippen molar-refractivity contribution in [1.82, 2.24) is 9.71 Å². The molecule has 0 aliphatic carbocycles. The van der Waals surface area contributed by atoms with E-state index in [4.69, 9.17) is 0 Å². The summed E-state index contributed by atoms with van der Waals surface area (Å²) >= 11 is 1.04. The minimum atomic E-state index is -3.29. The molecule has 0 saturated heterocycles. The summed E-state index contributed by atoms with van der Waals surface area (Å²) in [5.41, 5.74) is 1.12. The van der Waals surface area contributed by atoms with Crippen molar-refractivity contribution in [2.75, 3.05) is 7.05 Å². The van der Waals surface area contributed by atoms with Crippen LogP contribution in [0.4, 0.5) is 4.39 Å². The molecule has 2 rings (SSSR count). The molecular formula is C21H30FN3O3S2. The molecule has 1 aromatic heterocycles. The molecule has 9 heteroatoms. The average Bonchev–Trinajstić information content (AvgIpc) is 3.13. The quantitative estimate of drug-likeness (QED) is 0.644. The van der Waals surface area contributed by atoms with Gasteiger partial charge < -0.3 is 5.11 Å². The van der Waals surface area contributed by atoms with Gasteiger partial charge in [0, 0.05) is 13.2 Å². The maximum atomic E-state index is 14.1. The van der Waals surface area contributed by atoms with Crippen LogP contribution in [0.5, 0.6) is 0 Å². The van der Waals surface area contributed by atoms with Crippen LogP contribution in [0.2, 0.25) is 0 Å². The van der Waals surface area contributed by atoms with Crippen molar-refractivity contribution >= 4 is 27.2 Å². The molecule has 2 N–H and O–H groups in total. The average molecular weight is 456 g/mol. The molecular weight excluding hydrogens is 425 g/mol. The number of halogens is 1. The Labute approximate surface area is 182 Å². The Morgan fingerprint density at radius 2 is 1.80 bits per heavy atom. The van der Waals surface area contributed by atoms with Crippen LogP contribution in [-0.4, -0.2) is 27.3 Å². The van der Waals surface area contributed by atoms with Crippen molar-refractivity contribution in [3.8, 4) is 0 Å². The van der Waals surface area contributed by atoms with Gasteiger partial charge in [-0.2, -0.15) is 0 Å². The fourth-order valence-electron chi connectivity index (χ4n) is 3.10. The van der Waals surface area contributed by atoms with E-state index in [1.54, 1.807) is 13.8 Å². The van der Waals surface area contributed by atoms with Gasteiger partial charge in [0.1, 0.15) is 5.82 Å². The molecule has 2 aromatic rings. The Hall–Kier alpha value is -1.84. The summed E-state index contributed by atoms with van der Waals surface area (Å²) in [5, 5.41) is 10.1. The van der Waals surface area contributed by atoms with Crippen molar-refractivity contribution in [2.45, 2.75) is 69.7 Å². The molecule has 1 atom stereocenters. The minimum absolute atomic E-state index is 0.0227. The zero-order chi connectivity index (χ0) is 22.9. The van der Waals surface area contributed by atoms with E-state index >= 15 is 0 Å². The lowest BCUT2D eigenvalue weighted by molar-refractivity contribution is -0.118. The van der Waals surface area contributed by atoms with Crippen LogP contribution in [0.3, 0.4) is 0 Å². The number of aliphatic hydroxyl groups is 1. The highest BCUT2D eigenvalue weighted by Crippen LogP contribution is 2.31. The smallest absolute Gasteiger partial charge is 0.237 e. The summed E-state index contributed by atoms with van der Waals surface area (Å²) in [4.78, 5) is 17.5. The number of carbonyl (C=O) groups is 1. The largest absolute Gasteiger partial charge is 0.385 e. The summed E-state index contributed by atoms with van der Waals surface area (Å²) < 4.78 is 34.0. The van der Waals surface area contributed by atoms with Crippen molar-refractivity contribution in [3.05, 3.63) is 45.7 Å². The van der Waals surface area contributed by atoms with Gasteiger partial charge >= 0.3 is 0 Å². The van der Waals surface area contributed by atoms with Crippen LogP contribution in [0.25, 0.3) is 0 Å². The van der Waals surface area contributed by atoms with Gasteiger partial charge in [0.25, 0.3) is 0 Å².